The van der Waals surface area contributed by atoms with Crippen molar-refractivity contribution in [3.05, 3.63) is 75.8 Å². The van der Waals surface area contributed by atoms with Gasteiger partial charge in [-0.3, -0.25) is 15.0 Å². The molecule has 0 amide bonds. The van der Waals surface area contributed by atoms with Crippen molar-refractivity contribution in [1.82, 2.24) is 15.5 Å². The topological polar surface area (TPSA) is 96.1 Å². The Labute approximate surface area is 214 Å². The number of furan rings is 1. The maximum atomic E-state index is 11.8. The van der Waals surface area contributed by atoms with Crippen LogP contribution in [0.2, 0.25) is 5.02 Å². The second-order valence-corrected chi connectivity index (χ2v) is 10.1. The lowest BCUT2D eigenvalue weighted by Gasteiger charge is -2.37. The van der Waals surface area contributed by atoms with Gasteiger partial charge in [-0.2, -0.15) is 0 Å². The summed E-state index contributed by atoms with van der Waals surface area (Å²) in [5.74, 6) is 1.18. The van der Waals surface area contributed by atoms with Gasteiger partial charge in [-0.1, -0.05) is 11.6 Å². The molecule has 0 radical (unpaired) electrons. The van der Waals surface area contributed by atoms with Crippen LogP contribution in [0.4, 0.5) is 11.4 Å². The average molecular weight is 512 g/mol. The average Bonchev–Trinajstić information content (AvgIpc) is 3.48. The van der Waals surface area contributed by atoms with Crippen LogP contribution in [0.3, 0.4) is 0 Å². The number of nitrogens with one attached hydrogen (secondary N) is 2. The zero-order valence-corrected chi connectivity index (χ0v) is 21.1. The lowest BCUT2D eigenvalue weighted by molar-refractivity contribution is -0.385. The highest BCUT2D eigenvalue weighted by molar-refractivity contribution is 6.31. The first-order valence-corrected chi connectivity index (χ1v) is 12.4. The predicted molar refractivity (Wildman–Crippen MR) is 140 cm³/mol. The largest absolute Gasteiger partial charge is 0.482 e. The second kappa shape index (κ2) is 9.91. The molecule has 2 aliphatic heterocycles. The van der Waals surface area contributed by atoms with Gasteiger partial charge in [0.25, 0.3) is 0 Å². The summed E-state index contributed by atoms with van der Waals surface area (Å²) in [6, 6.07) is 13.3. The summed E-state index contributed by atoms with van der Waals surface area (Å²) in [4.78, 5) is 15.9. The summed E-state index contributed by atoms with van der Waals surface area (Å²) in [5.41, 5.74) is 1.17. The third-order valence-electron chi connectivity index (χ3n) is 6.93. The standard InChI is InChI=1S/C26H30ClN5O4/c1-26(28-9-10-29-26)17-35-25-6-4-21(15-23(25)32(33)34)31-11-7-20(8-12-31)30(2)16-22-14-18-13-19(27)3-5-24(18)36-22/h3-6,9-10,13-15,20,28-29H,7-8,11-12,16-17H2,1-2H3. The van der Waals surface area contributed by atoms with E-state index in [0.29, 0.717) is 17.6 Å². The van der Waals surface area contributed by atoms with Gasteiger partial charge in [-0.15, -0.1) is 0 Å². The van der Waals surface area contributed by atoms with E-state index < -0.39 is 5.66 Å². The van der Waals surface area contributed by atoms with Crippen molar-refractivity contribution in [2.45, 2.75) is 38.0 Å². The number of nitro groups is 1. The normalized spacial score (nSPS) is 17.4. The molecule has 1 fully saturated rings. The van der Waals surface area contributed by atoms with Crippen molar-refractivity contribution in [1.29, 1.82) is 0 Å². The Morgan fingerprint density at radius 3 is 2.67 bits per heavy atom. The van der Waals surface area contributed by atoms with E-state index in [0.717, 1.165) is 48.3 Å². The molecule has 9 nitrogen and oxygen atoms in total. The van der Waals surface area contributed by atoms with Gasteiger partial charge >= 0.3 is 5.69 Å². The van der Waals surface area contributed by atoms with E-state index in [-0.39, 0.29) is 23.0 Å². The maximum absolute atomic E-state index is 11.8. The van der Waals surface area contributed by atoms with Gasteiger partial charge in [0.1, 0.15) is 23.6 Å². The predicted octanol–water partition coefficient (Wildman–Crippen LogP) is 4.85. The Morgan fingerprint density at radius 1 is 1.19 bits per heavy atom. The summed E-state index contributed by atoms with van der Waals surface area (Å²) in [6.45, 7) is 4.53. The van der Waals surface area contributed by atoms with Gasteiger partial charge in [0.2, 0.25) is 0 Å². The van der Waals surface area contributed by atoms with Crippen LogP contribution in [0.25, 0.3) is 11.0 Å². The summed E-state index contributed by atoms with van der Waals surface area (Å²) in [6.07, 6.45) is 5.48. The minimum Gasteiger partial charge on any atom is -0.482 e. The molecule has 1 aromatic heterocycles. The third-order valence-corrected chi connectivity index (χ3v) is 7.17. The van der Waals surface area contributed by atoms with Crippen LogP contribution in [0, 0.1) is 10.1 Å². The van der Waals surface area contributed by atoms with Crippen molar-refractivity contribution in [2.75, 3.05) is 31.6 Å². The van der Waals surface area contributed by atoms with Crippen LogP contribution in [0.5, 0.6) is 5.75 Å². The smallest absolute Gasteiger partial charge is 0.312 e. The number of halogens is 1. The van der Waals surface area contributed by atoms with Crippen molar-refractivity contribution in [3.63, 3.8) is 0 Å². The number of anilines is 1. The second-order valence-electron chi connectivity index (χ2n) is 9.68. The van der Waals surface area contributed by atoms with Crippen molar-refractivity contribution in [2.24, 2.45) is 0 Å². The first-order chi connectivity index (χ1) is 17.3. The van der Waals surface area contributed by atoms with Crippen LogP contribution in [0.1, 0.15) is 25.5 Å². The fourth-order valence-corrected chi connectivity index (χ4v) is 5.03. The molecule has 0 aliphatic carbocycles. The molecule has 3 aromatic rings. The van der Waals surface area contributed by atoms with Gasteiger partial charge in [-0.25, -0.2) is 0 Å². The lowest BCUT2D eigenvalue weighted by Crippen LogP contribution is -2.50. The quantitative estimate of drug-likeness (QED) is 0.327. The van der Waals surface area contributed by atoms with Crippen LogP contribution < -0.4 is 20.3 Å². The number of nitrogens with zero attached hydrogens (tertiary/aromatic N) is 3. The zero-order valence-electron chi connectivity index (χ0n) is 20.4. The van der Waals surface area contributed by atoms with E-state index in [4.69, 9.17) is 20.8 Å². The monoisotopic (exact) mass is 511 g/mol. The molecule has 5 rings (SSSR count). The van der Waals surface area contributed by atoms with Crippen molar-refractivity contribution in [3.8, 4) is 5.75 Å². The van der Waals surface area contributed by atoms with Gasteiger partial charge < -0.3 is 24.7 Å². The first kappa shape index (κ1) is 24.3. The summed E-state index contributed by atoms with van der Waals surface area (Å²) in [5, 5.41) is 19.8. The molecule has 0 spiro atoms. The van der Waals surface area contributed by atoms with Crippen LogP contribution in [0.15, 0.2) is 59.3 Å². The Kier molecular flexibility index (Phi) is 6.68. The van der Waals surface area contributed by atoms with E-state index in [2.05, 4.69) is 27.5 Å². The SMILES string of the molecule is CN(Cc1cc2cc(Cl)ccc2o1)C1CCN(c2ccc(OCC3(C)NC=CN3)c([N+](=O)[O-])c2)CC1. The minimum atomic E-state index is -0.490. The molecule has 0 bridgehead atoms. The molecular formula is C26H30ClN5O4. The van der Waals surface area contributed by atoms with Gasteiger partial charge in [0, 0.05) is 53.7 Å². The Morgan fingerprint density at radius 2 is 1.94 bits per heavy atom. The van der Waals surface area contributed by atoms with E-state index in [1.165, 1.54) is 0 Å². The molecule has 3 heterocycles. The fraction of sp³-hybridized carbons (Fsp3) is 0.385. The number of benzene rings is 2. The maximum Gasteiger partial charge on any atom is 0.312 e. The van der Waals surface area contributed by atoms with E-state index in [1.807, 2.05) is 37.3 Å². The van der Waals surface area contributed by atoms with E-state index >= 15 is 0 Å². The van der Waals surface area contributed by atoms with Crippen molar-refractivity contribution >= 4 is 33.9 Å². The molecule has 190 valence electrons. The molecule has 2 N–H and O–H groups in total. The molecule has 2 aromatic carbocycles. The number of hydrogen-bond donors (Lipinski definition) is 2. The summed E-state index contributed by atoms with van der Waals surface area (Å²) in [7, 11) is 2.11. The molecule has 2 aliphatic rings. The Hall–Kier alpha value is -3.43. The molecule has 36 heavy (non-hydrogen) atoms. The minimum absolute atomic E-state index is 0.0220. The van der Waals surface area contributed by atoms with Gasteiger partial charge in [-0.05, 0) is 63.2 Å². The van der Waals surface area contributed by atoms with Gasteiger partial charge in [0.15, 0.2) is 5.75 Å². The fourth-order valence-electron chi connectivity index (χ4n) is 4.85. The van der Waals surface area contributed by atoms with E-state index in [1.54, 1.807) is 24.5 Å². The first-order valence-electron chi connectivity index (χ1n) is 12.0. The summed E-state index contributed by atoms with van der Waals surface area (Å²) >= 11 is 6.09. The molecule has 0 saturated carbocycles. The highest BCUT2D eigenvalue weighted by Crippen LogP contribution is 2.34. The number of hydrogen-bond acceptors (Lipinski definition) is 8. The van der Waals surface area contributed by atoms with E-state index in [9.17, 15) is 10.1 Å². The van der Waals surface area contributed by atoms with Crippen molar-refractivity contribution < 1.29 is 14.1 Å². The lowest BCUT2D eigenvalue weighted by atomic mass is 10.0. The van der Waals surface area contributed by atoms with Crippen LogP contribution in [-0.4, -0.2) is 48.3 Å². The van der Waals surface area contributed by atoms with Gasteiger partial charge in [0.05, 0.1) is 11.5 Å². The van der Waals surface area contributed by atoms with Crippen LogP contribution in [-0.2, 0) is 6.54 Å². The Bertz CT molecular complexity index is 1280. The highest BCUT2D eigenvalue weighted by Gasteiger charge is 2.28. The molecule has 10 heteroatoms. The molecule has 0 unspecified atom stereocenters. The number of nitro benzene ring substituents is 1. The number of fused-ring (bicyclic) bond motifs is 1. The molecule has 1 saturated heterocycles. The molecular weight excluding hydrogens is 482 g/mol. The zero-order chi connectivity index (χ0) is 25.3. The third kappa shape index (κ3) is 5.22. The molecule has 0 atom stereocenters. The number of piperidine rings is 1. The number of ether oxygens (including phenoxy) is 1. The summed E-state index contributed by atoms with van der Waals surface area (Å²) < 4.78 is 11.8. The number of rotatable bonds is 8. The Balaban J connectivity index is 1.19. The highest BCUT2D eigenvalue weighted by atomic mass is 35.5. The van der Waals surface area contributed by atoms with Crippen LogP contribution >= 0.6 is 11.6 Å².